The molecule has 1 aromatic carbocycles. The predicted molar refractivity (Wildman–Crippen MR) is 105 cm³/mol. The molecule has 2 aliphatic heterocycles. The van der Waals surface area contributed by atoms with Gasteiger partial charge in [0.15, 0.2) is 0 Å². The van der Waals surface area contributed by atoms with Crippen LogP contribution in [0, 0.1) is 5.92 Å². The van der Waals surface area contributed by atoms with Crippen molar-refractivity contribution in [2.24, 2.45) is 5.92 Å². The van der Waals surface area contributed by atoms with Gasteiger partial charge in [-0.2, -0.15) is 0 Å². The highest BCUT2D eigenvalue weighted by Crippen LogP contribution is 2.18. The largest absolute Gasteiger partial charge is 0.492 e. The normalized spacial score (nSPS) is 21.7. The van der Waals surface area contributed by atoms with Gasteiger partial charge in [0, 0.05) is 44.8 Å². The summed E-state index contributed by atoms with van der Waals surface area (Å²) in [6.45, 7) is 8.28. The van der Waals surface area contributed by atoms with Crippen LogP contribution in [-0.2, 0) is 4.79 Å². The van der Waals surface area contributed by atoms with E-state index in [-0.39, 0.29) is 5.91 Å². The van der Waals surface area contributed by atoms with Crippen LogP contribution in [-0.4, -0.2) is 75.2 Å². The number of rotatable bonds is 8. The molecule has 144 valence electrons. The lowest BCUT2D eigenvalue weighted by atomic mass is 10.0. The molecule has 0 aliphatic carbocycles. The number of hydrogen-bond donors (Lipinski definition) is 2. The molecule has 1 unspecified atom stereocenters. The number of carbonyl (C=O) groups excluding carboxylic acids is 1. The van der Waals surface area contributed by atoms with Gasteiger partial charge in [0.1, 0.15) is 12.4 Å². The van der Waals surface area contributed by atoms with E-state index in [0.29, 0.717) is 18.9 Å². The van der Waals surface area contributed by atoms with Crippen LogP contribution in [0.15, 0.2) is 24.3 Å². The summed E-state index contributed by atoms with van der Waals surface area (Å²) in [5, 5.41) is 6.32. The van der Waals surface area contributed by atoms with E-state index in [4.69, 9.17) is 4.74 Å². The first-order valence-electron chi connectivity index (χ1n) is 9.83. The Morgan fingerprint density at radius 2 is 2.00 bits per heavy atom. The average molecular weight is 361 g/mol. The van der Waals surface area contributed by atoms with E-state index in [1.54, 1.807) is 0 Å². The molecule has 1 amide bonds. The minimum absolute atomic E-state index is 0.0978. The molecule has 1 aromatic rings. The van der Waals surface area contributed by atoms with E-state index in [1.807, 2.05) is 24.3 Å². The summed E-state index contributed by atoms with van der Waals surface area (Å²) in [5.74, 6) is 1.60. The van der Waals surface area contributed by atoms with Crippen LogP contribution in [0.25, 0.3) is 0 Å². The van der Waals surface area contributed by atoms with Crippen molar-refractivity contribution in [3.05, 3.63) is 24.3 Å². The first-order valence-corrected chi connectivity index (χ1v) is 9.83. The molecule has 6 heteroatoms. The summed E-state index contributed by atoms with van der Waals surface area (Å²) in [7, 11) is 2.17. The van der Waals surface area contributed by atoms with Crippen molar-refractivity contribution < 1.29 is 9.53 Å². The fourth-order valence-corrected chi connectivity index (χ4v) is 3.52. The maximum absolute atomic E-state index is 12.1. The molecular weight excluding hydrogens is 328 g/mol. The summed E-state index contributed by atoms with van der Waals surface area (Å²) in [6, 6.07) is 7.70. The number of carbonyl (C=O) groups is 1. The van der Waals surface area contributed by atoms with Crippen LogP contribution in [0.3, 0.4) is 0 Å². The van der Waals surface area contributed by atoms with Crippen molar-refractivity contribution in [1.29, 1.82) is 0 Å². The van der Waals surface area contributed by atoms with Crippen molar-refractivity contribution in [2.45, 2.75) is 19.3 Å². The summed E-state index contributed by atoms with van der Waals surface area (Å²) in [5.41, 5.74) is 0.839. The lowest BCUT2D eigenvalue weighted by Gasteiger charge is -2.32. The third-order valence-corrected chi connectivity index (χ3v) is 5.35. The first kappa shape index (κ1) is 19.1. The van der Waals surface area contributed by atoms with Crippen LogP contribution in [0.5, 0.6) is 5.75 Å². The van der Waals surface area contributed by atoms with E-state index in [2.05, 4.69) is 27.5 Å². The molecule has 2 N–H and O–H groups in total. The number of piperazine rings is 1. The van der Waals surface area contributed by atoms with E-state index >= 15 is 0 Å². The molecule has 0 spiro atoms. The lowest BCUT2D eigenvalue weighted by Crippen LogP contribution is -2.45. The molecule has 3 rings (SSSR count). The van der Waals surface area contributed by atoms with E-state index < -0.39 is 0 Å². The monoisotopic (exact) mass is 360 g/mol. The number of anilines is 1. The van der Waals surface area contributed by atoms with Crippen molar-refractivity contribution in [2.75, 3.05) is 64.8 Å². The molecule has 26 heavy (non-hydrogen) atoms. The van der Waals surface area contributed by atoms with Crippen molar-refractivity contribution >= 4 is 11.6 Å². The van der Waals surface area contributed by atoms with Crippen LogP contribution in [0.2, 0.25) is 0 Å². The first-order chi connectivity index (χ1) is 12.7. The average Bonchev–Trinajstić information content (AvgIpc) is 3.17. The fourth-order valence-electron chi connectivity index (χ4n) is 3.52. The maximum Gasteiger partial charge on any atom is 0.224 e. The number of likely N-dealkylation sites (N-methyl/N-ethyl adjacent to an activating group) is 1. The highest BCUT2D eigenvalue weighted by atomic mass is 16.5. The van der Waals surface area contributed by atoms with Crippen molar-refractivity contribution in [3.8, 4) is 5.75 Å². The number of nitrogens with one attached hydrogen (secondary N) is 2. The second-order valence-corrected chi connectivity index (χ2v) is 7.46. The minimum Gasteiger partial charge on any atom is -0.492 e. The predicted octanol–water partition coefficient (Wildman–Crippen LogP) is 1.64. The van der Waals surface area contributed by atoms with Crippen LogP contribution in [0.1, 0.15) is 19.3 Å². The number of hydrogen-bond acceptors (Lipinski definition) is 5. The Kier molecular flexibility index (Phi) is 7.29. The van der Waals surface area contributed by atoms with E-state index in [0.717, 1.165) is 63.7 Å². The Morgan fingerprint density at radius 1 is 1.23 bits per heavy atom. The summed E-state index contributed by atoms with van der Waals surface area (Å²) in [6.07, 6.45) is 2.75. The Labute approximate surface area is 156 Å². The van der Waals surface area contributed by atoms with Gasteiger partial charge in [-0.25, -0.2) is 0 Å². The smallest absolute Gasteiger partial charge is 0.224 e. The summed E-state index contributed by atoms with van der Waals surface area (Å²) < 4.78 is 5.84. The SMILES string of the molecule is CN1CCN(CCOc2ccc(NC(=O)CCC3CCNC3)cc2)CC1. The highest BCUT2D eigenvalue weighted by Gasteiger charge is 2.16. The molecule has 1 atom stereocenters. The maximum atomic E-state index is 12.1. The molecule has 0 radical (unpaired) electrons. The van der Waals surface area contributed by atoms with Gasteiger partial charge in [-0.15, -0.1) is 0 Å². The van der Waals surface area contributed by atoms with Gasteiger partial charge >= 0.3 is 0 Å². The molecule has 0 saturated carbocycles. The zero-order chi connectivity index (χ0) is 18.2. The molecule has 6 nitrogen and oxygen atoms in total. The highest BCUT2D eigenvalue weighted by molar-refractivity contribution is 5.90. The molecule has 0 bridgehead atoms. The minimum atomic E-state index is 0.0978. The quantitative estimate of drug-likeness (QED) is 0.738. The molecule has 2 heterocycles. The van der Waals surface area contributed by atoms with Crippen LogP contribution < -0.4 is 15.4 Å². The van der Waals surface area contributed by atoms with Gasteiger partial charge < -0.3 is 20.3 Å². The lowest BCUT2D eigenvalue weighted by molar-refractivity contribution is -0.116. The molecule has 2 aliphatic rings. The van der Waals surface area contributed by atoms with E-state index in [1.165, 1.54) is 6.42 Å². The van der Waals surface area contributed by atoms with Gasteiger partial charge in [0.25, 0.3) is 0 Å². The van der Waals surface area contributed by atoms with Gasteiger partial charge in [0.2, 0.25) is 5.91 Å². The Balaban J connectivity index is 1.33. The molecule has 0 aromatic heterocycles. The van der Waals surface area contributed by atoms with E-state index in [9.17, 15) is 4.79 Å². The number of nitrogens with zero attached hydrogens (tertiary/aromatic N) is 2. The zero-order valence-electron chi connectivity index (χ0n) is 15.9. The van der Waals surface area contributed by atoms with Gasteiger partial charge in [-0.1, -0.05) is 0 Å². The summed E-state index contributed by atoms with van der Waals surface area (Å²) in [4.78, 5) is 16.8. The Bertz CT molecular complexity index is 549. The molecule has 2 saturated heterocycles. The van der Waals surface area contributed by atoms with Crippen molar-refractivity contribution in [1.82, 2.24) is 15.1 Å². The number of benzene rings is 1. The van der Waals surface area contributed by atoms with Gasteiger partial charge in [0.05, 0.1) is 0 Å². The zero-order valence-corrected chi connectivity index (χ0v) is 15.9. The fraction of sp³-hybridized carbons (Fsp3) is 0.650. The second-order valence-electron chi connectivity index (χ2n) is 7.46. The van der Waals surface area contributed by atoms with Crippen LogP contribution in [0.4, 0.5) is 5.69 Å². The second kappa shape index (κ2) is 9.90. The standard InChI is InChI=1S/C20H32N4O2/c1-23-10-12-24(13-11-23)14-15-26-19-5-3-18(4-6-19)22-20(25)7-2-17-8-9-21-16-17/h3-6,17,21H,2,7-16H2,1H3,(H,22,25). The van der Waals surface area contributed by atoms with Gasteiger partial charge in [-0.05, 0) is 63.2 Å². The Morgan fingerprint density at radius 3 is 2.69 bits per heavy atom. The molecular formula is C20H32N4O2. The topological polar surface area (TPSA) is 56.8 Å². The van der Waals surface area contributed by atoms with Crippen LogP contribution >= 0.6 is 0 Å². The number of ether oxygens (including phenoxy) is 1. The van der Waals surface area contributed by atoms with Gasteiger partial charge in [-0.3, -0.25) is 9.69 Å². The third kappa shape index (κ3) is 6.27. The Hall–Kier alpha value is -1.63. The number of amides is 1. The third-order valence-electron chi connectivity index (χ3n) is 5.35. The molecule has 2 fully saturated rings. The van der Waals surface area contributed by atoms with Crippen molar-refractivity contribution in [3.63, 3.8) is 0 Å². The summed E-state index contributed by atoms with van der Waals surface area (Å²) >= 11 is 0.